The van der Waals surface area contributed by atoms with Crippen LogP contribution in [0.25, 0.3) is 0 Å². The standard InChI is InChI=1S/C16H30O4/c1-3-5-6-13-7-9-16(10-8-13,15(18)19)11-14(17)12-20-4-2/h13-14,17H,3-12H2,1-2H3,(H,18,19). The average molecular weight is 286 g/mol. The van der Waals surface area contributed by atoms with Gasteiger partial charge in [-0.15, -0.1) is 0 Å². The lowest BCUT2D eigenvalue weighted by Crippen LogP contribution is -2.39. The van der Waals surface area contributed by atoms with E-state index in [1.807, 2.05) is 6.92 Å². The van der Waals surface area contributed by atoms with Crippen molar-refractivity contribution < 1.29 is 19.7 Å². The van der Waals surface area contributed by atoms with Crippen LogP contribution in [0, 0.1) is 11.3 Å². The zero-order valence-corrected chi connectivity index (χ0v) is 12.9. The number of aliphatic carboxylic acids is 1. The van der Waals surface area contributed by atoms with Crippen molar-refractivity contribution in [1.82, 2.24) is 0 Å². The molecule has 1 aliphatic rings. The maximum Gasteiger partial charge on any atom is 0.309 e. The fraction of sp³-hybridized carbons (Fsp3) is 0.938. The Kier molecular flexibility index (Phi) is 7.52. The Bertz CT molecular complexity index is 282. The van der Waals surface area contributed by atoms with Crippen molar-refractivity contribution in [3.63, 3.8) is 0 Å². The van der Waals surface area contributed by atoms with Crippen molar-refractivity contribution in [2.75, 3.05) is 13.2 Å². The van der Waals surface area contributed by atoms with E-state index >= 15 is 0 Å². The molecule has 1 rings (SSSR count). The second-order valence-electron chi connectivity index (χ2n) is 6.19. The van der Waals surface area contributed by atoms with Crippen molar-refractivity contribution in [3.05, 3.63) is 0 Å². The largest absolute Gasteiger partial charge is 0.481 e. The number of carboxylic acids is 1. The van der Waals surface area contributed by atoms with Crippen molar-refractivity contribution >= 4 is 5.97 Å². The number of rotatable bonds is 9. The highest BCUT2D eigenvalue weighted by Crippen LogP contribution is 2.44. The Labute approximate surface area is 122 Å². The van der Waals surface area contributed by atoms with Gasteiger partial charge in [-0.2, -0.15) is 0 Å². The summed E-state index contributed by atoms with van der Waals surface area (Å²) in [6, 6.07) is 0. The van der Waals surface area contributed by atoms with Crippen molar-refractivity contribution in [1.29, 1.82) is 0 Å². The first-order valence-corrected chi connectivity index (χ1v) is 8.03. The van der Waals surface area contributed by atoms with Crippen LogP contribution in [-0.2, 0) is 9.53 Å². The van der Waals surface area contributed by atoms with Crippen LogP contribution in [0.4, 0.5) is 0 Å². The molecule has 1 aliphatic carbocycles. The molecule has 0 saturated heterocycles. The van der Waals surface area contributed by atoms with Crippen molar-refractivity contribution in [3.8, 4) is 0 Å². The topological polar surface area (TPSA) is 66.8 Å². The average Bonchev–Trinajstić information content (AvgIpc) is 2.44. The van der Waals surface area contributed by atoms with Crippen LogP contribution in [0.5, 0.6) is 0 Å². The zero-order chi connectivity index (χ0) is 15.0. The first-order chi connectivity index (χ1) is 9.54. The van der Waals surface area contributed by atoms with Crippen LogP contribution in [0.1, 0.15) is 65.2 Å². The minimum Gasteiger partial charge on any atom is -0.481 e. The molecule has 0 radical (unpaired) electrons. The number of carboxylic acid groups (broad SMARTS) is 1. The van der Waals surface area contributed by atoms with Crippen molar-refractivity contribution in [2.45, 2.75) is 71.3 Å². The summed E-state index contributed by atoms with van der Waals surface area (Å²) in [4.78, 5) is 11.7. The Morgan fingerprint density at radius 2 is 2.00 bits per heavy atom. The van der Waals surface area contributed by atoms with Crippen LogP contribution in [0.15, 0.2) is 0 Å². The van der Waals surface area contributed by atoms with Gasteiger partial charge in [-0.3, -0.25) is 4.79 Å². The number of hydrogen-bond donors (Lipinski definition) is 2. The molecule has 1 unspecified atom stereocenters. The van der Waals surface area contributed by atoms with Gasteiger partial charge in [0.2, 0.25) is 0 Å². The van der Waals surface area contributed by atoms with Gasteiger partial charge in [-0.05, 0) is 44.9 Å². The van der Waals surface area contributed by atoms with E-state index in [1.165, 1.54) is 19.3 Å². The maximum absolute atomic E-state index is 11.7. The van der Waals surface area contributed by atoms with Crippen LogP contribution < -0.4 is 0 Å². The molecule has 4 heteroatoms. The lowest BCUT2D eigenvalue weighted by atomic mass is 9.67. The molecule has 1 fully saturated rings. The third kappa shape index (κ3) is 5.06. The molecule has 0 spiro atoms. The Morgan fingerprint density at radius 3 is 2.50 bits per heavy atom. The van der Waals surface area contributed by atoms with Gasteiger partial charge in [-0.1, -0.05) is 26.2 Å². The molecular formula is C16H30O4. The summed E-state index contributed by atoms with van der Waals surface area (Å²) in [5.74, 6) is -0.0755. The fourth-order valence-electron chi connectivity index (χ4n) is 3.28. The quantitative estimate of drug-likeness (QED) is 0.683. The van der Waals surface area contributed by atoms with Crippen LogP contribution >= 0.6 is 0 Å². The van der Waals surface area contributed by atoms with Gasteiger partial charge in [0.1, 0.15) is 0 Å². The molecule has 1 saturated carbocycles. The van der Waals surface area contributed by atoms with Gasteiger partial charge in [0.15, 0.2) is 0 Å². The van der Waals surface area contributed by atoms with Gasteiger partial charge in [-0.25, -0.2) is 0 Å². The summed E-state index contributed by atoms with van der Waals surface area (Å²) in [5, 5.41) is 19.5. The van der Waals surface area contributed by atoms with E-state index in [4.69, 9.17) is 4.74 Å². The van der Waals surface area contributed by atoms with E-state index in [-0.39, 0.29) is 6.61 Å². The highest BCUT2D eigenvalue weighted by atomic mass is 16.5. The first kappa shape index (κ1) is 17.4. The van der Waals surface area contributed by atoms with E-state index in [2.05, 4.69) is 6.92 Å². The molecule has 0 aromatic carbocycles. The highest BCUT2D eigenvalue weighted by molar-refractivity contribution is 5.74. The molecular weight excluding hydrogens is 256 g/mol. The van der Waals surface area contributed by atoms with Crippen LogP contribution in [0.3, 0.4) is 0 Å². The van der Waals surface area contributed by atoms with E-state index in [0.717, 1.165) is 12.8 Å². The number of hydrogen-bond acceptors (Lipinski definition) is 3. The van der Waals surface area contributed by atoms with Gasteiger partial charge in [0, 0.05) is 6.61 Å². The highest BCUT2D eigenvalue weighted by Gasteiger charge is 2.43. The molecule has 0 amide bonds. The molecule has 0 aromatic rings. The minimum absolute atomic E-state index is 0.241. The summed E-state index contributed by atoms with van der Waals surface area (Å²) in [5.41, 5.74) is -0.737. The smallest absolute Gasteiger partial charge is 0.309 e. The molecule has 0 aliphatic heterocycles. The summed E-state index contributed by atoms with van der Waals surface area (Å²) in [6.07, 6.45) is 6.65. The molecule has 0 aromatic heterocycles. The molecule has 20 heavy (non-hydrogen) atoms. The second kappa shape index (κ2) is 8.63. The third-order valence-corrected chi connectivity index (χ3v) is 4.62. The van der Waals surface area contributed by atoms with Crippen LogP contribution in [0.2, 0.25) is 0 Å². The van der Waals surface area contributed by atoms with Gasteiger partial charge < -0.3 is 14.9 Å². The number of carbonyl (C=O) groups is 1. The van der Waals surface area contributed by atoms with E-state index in [9.17, 15) is 15.0 Å². The lowest BCUT2D eigenvalue weighted by molar-refractivity contribution is -0.155. The number of aliphatic hydroxyl groups excluding tert-OH is 1. The number of ether oxygens (including phenoxy) is 1. The molecule has 0 bridgehead atoms. The normalized spacial score (nSPS) is 28.2. The Hall–Kier alpha value is -0.610. The Morgan fingerprint density at radius 1 is 1.35 bits per heavy atom. The van der Waals surface area contributed by atoms with Gasteiger partial charge >= 0.3 is 5.97 Å². The number of unbranched alkanes of at least 4 members (excludes halogenated alkanes) is 1. The maximum atomic E-state index is 11.7. The molecule has 4 nitrogen and oxygen atoms in total. The van der Waals surface area contributed by atoms with Gasteiger partial charge in [0.05, 0.1) is 18.1 Å². The molecule has 118 valence electrons. The summed E-state index contributed by atoms with van der Waals surface area (Å²) >= 11 is 0. The molecule has 2 N–H and O–H groups in total. The monoisotopic (exact) mass is 286 g/mol. The predicted molar refractivity (Wildman–Crippen MR) is 78.7 cm³/mol. The van der Waals surface area contributed by atoms with E-state index < -0.39 is 17.5 Å². The summed E-state index contributed by atoms with van der Waals surface area (Å²) in [6.45, 7) is 4.86. The van der Waals surface area contributed by atoms with Crippen molar-refractivity contribution in [2.24, 2.45) is 11.3 Å². The lowest BCUT2D eigenvalue weighted by Gasteiger charge is -2.38. The fourth-order valence-corrected chi connectivity index (χ4v) is 3.28. The predicted octanol–water partition coefficient (Wildman–Crippen LogP) is 3.23. The minimum atomic E-state index is -0.748. The van der Waals surface area contributed by atoms with E-state index in [0.29, 0.717) is 31.8 Å². The molecule has 1 atom stereocenters. The third-order valence-electron chi connectivity index (χ3n) is 4.62. The summed E-state index contributed by atoms with van der Waals surface area (Å²) < 4.78 is 5.19. The summed E-state index contributed by atoms with van der Waals surface area (Å²) in [7, 11) is 0. The molecule has 0 heterocycles. The Balaban J connectivity index is 2.51. The van der Waals surface area contributed by atoms with Crippen LogP contribution in [-0.4, -0.2) is 35.5 Å². The van der Waals surface area contributed by atoms with Gasteiger partial charge in [0.25, 0.3) is 0 Å². The second-order valence-corrected chi connectivity index (χ2v) is 6.19. The first-order valence-electron chi connectivity index (χ1n) is 8.03. The number of aliphatic hydroxyl groups is 1. The zero-order valence-electron chi connectivity index (χ0n) is 12.9. The van der Waals surface area contributed by atoms with E-state index in [1.54, 1.807) is 0 Å². The SMILES string of the molecule is CCCCC1CCC(CC(O)COCC)(C(=O)O)CC1.